The second-order valence-electron chi connectivity index (χ2n) is 6.12. The van der Waals surface area contributed by atoms with Gasteiger partial charge in [-0.2, -0.15) is 0 Å². The van der Waals surface area contributed by atoms with Gasteiger partial charge in [-0.25, -0.2) is 0 Å². The SMILES string of the molecule is COc1ccccc1Oc1ccc(C(=O)N2CCc3ccccc3C2)o1. The molecule has 0 fully saturated rings. The standard InChI is InChI=1S/C21H19NO4/c1-24-17-8-4-5-9-18(17)25-20-11-10-19(26-20)21(23)22-13-12-15-6-2-3-7-16(15)14-22/h2-11H,12-14H2,1H3. The van der Waals surface area contributed by atoms with Crippen molar-refractivity contribution in [2.24, 2.45) is 0 Å². The minimum absolute atomic E-state index is 0.130. The highest BCUT2D eigenvalue weighted by Crippen LogP contribution is 2.32. The number of rotatable bonds is 4. The maximum Gasteiger partial charge on any atom is 0.290 e. The van der Waals surface area contributed by atoms with Crippen molar-refractivity contribution >= 4 is 5.91 Å². The number of fused-ring (bicyclic) bond motifs is 1. The maximum absolute atomic E-state index is 12.8. The van der Waals surface area contributed by atoms with Gasteiger partial charge in [0.1, 0.15) is 0 Å². The van der Waals surface area contributed by atoms with Crippen LogP contribution in [-0.4, -0.2) is 24.5 Å². The molecule has 1 aliphatic rings. The van der Waals surface area contributed by atoms with Crippen molar-refractivity contribution in [3.05, 3.63) is 77.6 Å². The van der Waals surface area contributed by atoms with Crippen LogP contribution in [0.1, 0.15) is 21.7 Å². The molecule has 0 aliphatic carbocycles. The third kappa shape index (κ3) is 3.16. The van der Waals surface area contributed by atoms with E-state index in [9.17, 15) is 4.79 Å². The van der Waals surface area contributed by atoms with Crippen LogP contribution < -0.4 is 9.47 Å². The summed E-state index contributed by atoms with van der Waals surface area (Å²) in [6.45, 7) is 1.28. The van der Waals surface area contributed by atoms with Crippen LogP contribution in [0.3, 0.4) is 0 Å². The van der Waals surface area contributed by atoms with E-state index in [0.29, 0.717) is 24.6 Å². The summed E-state index contributed by atoms with van der Waals surface area (Å²) in [7, 11) is 1.58. The van der Waals surface area contributed by atoms with E-state index in [0.717, 1.165) is 6.42 Å². The molecule has 0 bridgehead atoms. The Labute approximate surface area is 151 Å². The quantitative estimate of drug-likeness (QED) is 0.705. The molecule has 1 aliphatic heterocycles. The number of para-hydroxylation sites is 2. The number of hydrogen-bond acceptors (Lipinski definition) is 4. The van der Waals surface area contributed by atoms with Crippen LogP contribution in [0.2, 0.25) is 0 Å². The molecule has 0 spiro atoms. The zero-order valence-corrected chi connectivity index (χ0v) is 14.5. The lowest BCUT2D eigenvalue weighted by atomic mass is 10.00. The van der Waals surface area contributed by atoms with Crippen molar-refractivity contribution in [1.82, 2.24) is 4.90 Å². The van der Waals surface area contributed by atoms with Gasteiger partial charge in [0.25, 0.3) is 11.9 Å². The van der Waals surface area contributed by atoms with Crippen molar-refractivity contribution in [3.63, 3.8) is 0 Å². The molecular formula is C21H19NO4. The van der Waals surface area contributed by atoms with Gasteiger partial charge < -0.3 is 18.8 Å². The molecule has 0 N–H and O–H groups in total. The molecule has 0 radical (unpaired) electrons. The Morgan fingerprint density at radius 2 is 1.69 bits per heavy atom. The molecule has 0 saturated carbocycles. The third-order valence-electron chi connectivity index (χ3n) is 4.49. The molecule has 5 nitrogen and oxygen atoms in total. The van der Waals surface area contributed by atoms with Crippen LogP contribution in [-0.2, 0) is 13.0 Å². The van der Waals surface area contributed by atoms with Gasteiger partial charge in [-0.05, 0) is 35.7 Å². The summed E-state index contributed by atoms with van der Waals surface area (Å²) in [5, 5.41) is 0. The number of methoxy groups -OCH3 is 1. The van der Waals surface area contributed by atoms with Crippen LogP contribution in [0.25, 0.3) is 0 Å². The van der Waals surface area contributed by atoms with Gasteiger partial charge in [0.15, 0.2) is 17.3 Å². The number of carbonyl (C=O) groups excluding carboxylic acids is 1. The van der Waals surface area contributed by atoms with E-state index < -0.39 is 0 Å². The fourth-order valence-corrected chi connectivity index (χ4v) is 3.13. The summed E-state index contributed by atoms with van der Waals surface area (Å²) >= 11 is 0. The van der Waals surface area contributed by atoms with Crippen LogP contribution in [0, 0.1) is 0 Å². The predicted molar refractivity (Wildman–Crippen MR) is 96.7 cm³/mol. The zero-order valence-electron chi connectivity index (χ0n) is 14.5. The number of carbonyl (C=O) groups is 1. The summed E-state index contributed by atoms with van der Waals surface area (Å²) in [6, 6.07) is 18.8. The first-order chi connectivity index (χ1) is 12.7. The van der Waals surface area contributed by atoms with Crippen molar-refractivity contribution in [2.75, 3.05) is 13.7 Å². The van der Waals surface area contributed by atoms with E-state index in [4.69, 9.17) is 13.9 Å². The smallest absolute Gasteiger partial charge is 0.290 e. The molecule has 1 aromatic heterocycles. The normalized spacial score (nSPS) is 13.2. The lowest BCUT2D eigenvalue weighted by Crippen LogP contribution is -2.35. The maximum atomic E-state index is 12.8. The zero-order chi connectivity index (χ0) is 17.9. The summed E-state index contributed by atoms with van der Waals surface area (Å²) < 4.78 is 16.6. The fraction of sp³-hybridized carbons (Fsp3) is 0.190. The van der Waals surface area contributed by atoms with E-state index in [1.807, 2.05) is 24.3 Å². The third-order valence-corrected chi connectivity index (χ3v) is 4.49. The minimum Gasteiger partial charge on any atom is -0.493 e. The summed E-state index contributed by atoms with van der Waals surface area (Å²) in [6.07, 6.45) is 0.854. The highest BCUT2D eigenvalue weighted by atomic mass is 16.6. The molecule has 3 aromatic rings. The van der Waals surface area contributed by atoms with E-state index in [1.165, 1.54) is 11.1 Å². The van der Waals surface area contributed by atoms with Crippen molar-refractivity contribution < 1.29 is 18.7 Å². The first-order valence-corrected chi connectivity index (χ1v) is 8.51. The van der Waals surface area contributed by atoms with Crippen molar-refractivity contribution in [1.29, 1.82) is 0 Å². The van der Waals surface area contributed by atoms with Crippen LogP contribution in [0.15, 0.2) is 65.1 Å². The molecule has 0 atom stereocenters. The molecule has 26 heavy (non-hydrogen) atoms. The molecule has 0 unspecified atom stereocenters. The van der Waals surface area contributed by atoms with E-state index in [2.05, 4.69) is 12.1 Å². The number of nitrogens with zero attached hydrogens (tertiary/aromatic N) is 1. The first-order valence-electron chi connectivity index (χ1n) is 8.51. The second-order valence-corrected chi connectivity index (χ2v) is 6.12. The molecule has 2 heterocycles. The molecule has 0 saturated heterocycles. The average Bonchev–Trinajstić information content (AvgIpc) is 3.16. The number of furan rings is 1. The molecule has 4 rings (SSSR count). The number of ether oxygens (including phenoxy) is 2. The number of benzene rings is 2. The topological polar surface area (TPSA) is 51.9 Å². The summed E-state index contributed by atoms with van der Waals surface area (Å²) in [5.41, 5.74) is 2.49. The van der Waals surface area contributed by atoms with E-state index >= 15 is 0 Å². The average molecular weight is 349 g/mol. The van der Waals surface area contributed by atoms with Gasteiger partial charge in [-0.1, -0.05) is 36.4 Å². The minimum atomic E-state index is -0.130. The van der Waals surface area contributed by atoms with Crippen molar-refractivity contribution in [3.8, 4) is 17.4 Å². The van der Waals surface area contributed by atoms with Crippen molar-refractivity contribution in [2.45, 2.75) is 13.0 Å². The Balaban J connectivity index is 1.49. The Morgan fingerprint density at radius 3 is 2.50 bits per heavy atom. The van der Waals surface area contributed by atoms with E-state index in [1.54, 1.807) is 36.3 Å². The highest BCUT2D eigenvalue weighted by Gasteiger charge is 2.24. The molecule has 1 amide bonds. The molecule has 5 heteroatoms. The Morgan fingerprint density at radius 1 is 0.962 bits per heavy atom. The summed E-state index contributed by atoms with van der Waals surface area (Å²) in [4.78, 5) is 14.5. The van der Waals surface area contributed by atoms with Gasteiger partial charge in [-0.15, -0.1) is 0 Å². The van der Waals surface area contributed by atoms with Crippen LogP contribution in [0.4, 0.5) is 0 Å². The van der Waals surface area contributed by atoms with Crippen LogP contribution >= 0.6 is 0 Å². The number of hydrogen-bond donors (Lipinski definition) is 0. The lowest BCUT2D eigenvalue weighted by Gasteiger charge is -2.28. The largest absolute Gasteiger partial charge is 0.493 e. The first kappa shape index (κ1) is 16.3. The number of amides is 1. The van der Waals surface area contributed by atoms with Gasteiger partial charge >= 0.3 is 0 Å². The van der Waals surface area contributed by atoms with Gasteiger partial charge in [0.05, 0.1) is 7.11 Å². The lowest BCUT2D eigenvalue weighted by molar-refractivity contribution is 0.0697. The molecular weight excluding hydrogens is 330 g/mol. The van der Waals surface area contributed by atoms with Gasteiger partial charge in [-0.3, -0.25) is 4.79 Å². The fourth-order valence-electron chi connectivity index (χ4n) is 3.13. The van der Waals surface area contributed by atoms with E-state index in [-0.39, 0.29) is 17.6 Å². The van der Waals surface area contributed by atoms with Gasteiger partial charge in [0.2, 0.25) is 0 Å². The highest BCUT2D eigenvalue weighted by molar-refractivity contribution is 5.91. The monoisotopic (exact) mass is 349 g/mol. The van der Waals surface area contributed by atoms with Crippen LogP contribution in [0.5, 0.6) is 17.4 Å². The molecule has 2 aromatic carbocycles. The summed E-state index contributed by atoms with van der Waals surface area (Å²) in [5.74, 6) is 1.54. The Kier molecular flexibility index (Phi) is 4.35. The second kappa shape index (κ2) is 6.96. The van der Waals surface area contributed by atoms with Gasteiger partial charge in [0, 0.05) is 19.2 Å². The Hall–Kier alpha value is -3.21. The predicted octanol–water partition coefficient (Wildman–Crippen LogP) is 4.28. The molecule has 132 valence electrons. The Bertz CT molecular complexity index is 931.